The van der Waals surface area contributed by atoms with Crippen LogP contribution in [0.3, 0.4) is 0 Å². The molecule has 1 atom stereocenters. The minimum atomic E-state index is -0.138. The van der Waals surface area contributed by atoms with Gasteiger partial charge < -0.3 is 5.32 Å². The quantitative estimate of drug-likeness (QED) is 0.878. The lowest BCUT2D eigenvalue weighted by Gasteiger charge is -2.15. The van der Waals surface area contributed by atoms with Crippen molar-refractivity contribution in [3.8, 4) is 0 Å². The summed E-state index contributed by atoms with van der Waals surface area (Å²) in [5.74, 6) is -0.138. The summed E-state index contributed by atoms with van der Waals surface area (Å²) < 4.78 is 15.6. The summed E-state index contributed by atoms with van der Waals surface area (Å²) in [6.45, 7) is 4.21. The van der Waals surface area contributed by atoms with Gasteiger partial charge in [-0.25, -0.2) is 4.39 Å². The number of hydrogen-bond acceptors (Lipinski definition) is 2. The van der Waals surface area contributed by atoms with Crippen molar-refractivity contribution < 1.29 is 4.39 Å². The molecule has 0 radical (unpaired) electrons. The lowest BCUT2D eigenvalue weighted by molar-refractivity contribution is 0.502. The standard InChI is InChI=1S/C16H22FN3/c1-12(2)20-9-8-14(19-20)11-15(18-3)10-13-6-4-5-7-16(13)17/h4-9,12,15,18H,10-11H2,1-3H3. The van der Waals surface area contributed by atoms with E-state index < -0.39 is 0 Å². The normalized spacial score (nSPS) is 12.8. The average Bonchev–Trinajstić information content (AvgIpc) is 2.89. The third-order valence-electron chi connectivity index (χ3n) is 3.48. The van der Waals surface area contributed by atoms with E-state index in [4.69, 9.17) is 0 Å². The Morgan fingerprint density at radius 3 is 2.55 bits per heavy atom. The summed E-state index contributed by atoms with van der Waals surface area (Å²) in [5, 5.41) is 7.79. The monoisotopic (exact) mass is 275 g/mol. The van der Waals surface area contributed by atoms with Gasteiger partial charge in [0.05, 0.1) is 5.69 Å². The van der Waals surface area contributed by atoms with Gasteiger partial charge in [0.25, 0.3) is 0 Å². The number of nitrogens with one attached hydrogen (secondary N) is 1. The second-order valence-corrected chi connectivity index (χ2v) is 5.37. The van der Waals surface area contributed by atoms with Gasteiger partial charge in [0.1, 0.15) is 5.82 Å². The SMILES string of the molecule is CNC(Cc1ccn(C(C)C)n1)Cc1ccccc1F. The van der Waals surface area contributed by atoms with Crippen molar-refractivity contribution in [2.24, 2.45) is 0 Å². The third-order valence-corrected chi connectivity index (χ3v) is 3.48. The first kappa shape index (κ1) is 14.7. The molecule has 3 nitrogen and oxygen atoms in total. The van der Waals surface area contributed by atoms with Crippen molar-refractivity contribution in [2.75, 3.05) is 7.05 Å². The fourth-order valence-electron chi connectivity index (χ4n) is 2.23. The molecule has 4 heteroatoms. The van der Waals surface area contributed by atoms with Crippen LogP contribution in [0.25, 0.3) is 0 Å². The summed E-state index contributed by atoms with van der Waals surface area (Å²) in [4.78, 5) is 0. The molecule has 1 aromatic heterocycles. The Hall–Kier alpha value is -1.68. The van der Waals surface area contributed by atoms with Crippen LogP contribution in [-0.4, -0.2) is 22.9 Å². The molecule has 108 valence electrons. The van der Waals surface area contributed by atoms with E-state index in [2.05, 4.69) is 24.3 Å². The van der Waals surface area contributed by atoms with E-state index in [0.29, 0.717) is 12.5 Å². The van der Waals surface area contributed by atoms with Crippen LogP contribution in [0.5, 0.6) is 0 Å². The molecule has 0 spiro atoms. The highest BCUT2D eigenvalue weighted by atomic mass is 19.1. The van der Waals surface area contributed by atoms with E-state index in [-0.39, 0.29) is 11.9 Å². The molecule has 20 heavy (non-hydrogen) atoms. The summed E-state index contributed by atoms with van der Waals surface area (Å²) in [7, 11) is 1.91. The topological polar surface area (TPSA) is 29.9 Å². The van der Waals surface area contributed by atoms with Gasteiger partial charge >= 0.3 is 0 Å². The van der Waals surface area contributed by atoms with Gasteiger partial charge in [0, 0.05) is 24.7 Å². The second kappa shape index (κ2) is 6.66. The van der Waals surface area contributed by atoms with Crippen molar-refractivity contribution in [1.82, 2.24) is 15.1 Å². The molecule has 1 heterocycles. The van der Waals surface area contributed by atoms with Gasteiger partial charge in [0.15, 0.2) is 0 Å². The summed E-state index contributed by atoms with van der Waals surface area (Å²) >= 11 is 0. The van der Waals surface area contributed by atoms with Crippen LogP contribution in [0.1, 0.15) is 31.1 Å². The molecule has 1 aromatic carbocycles. The number of aromatic nitrogens is 2. The minimum absolute atomic E-state index is 0.138. The number of hydrogen-bond donors (Lipinski definition) is 1. The molecule has 2 rings (SSSR count). The molecule has 1 N–H and O–H groups in total. The highest BCUT2D eigenvalue weighted by Gasteiger charge is 2.13. The van der Waals surface area contributed by atoms with Crippen molar-refractivity contribution in [2.45, 2.75) is 38.8 Å². The number of halogens is 1. The maximum Gasteiger partial charge on any atom is 0.126 e. The molecular formula is C16H22FN3. The number of likely N-dealkylation sites (N-methyl/N-ethyl adjacent to an activating group) is 1. The van der Waals surface area contributed by atoms with Crippen molar-refractivity contribution in [1.29, 1.82) is 0 Å². The Bertz CT molecular complexity index is 548. The smallest absolute Gasteiger partial charge is 0.126 e. The van der Waals surface area contributed by atoms with E-state index in [0.717, 1.165) is 17.7 Å². The molecule has 2 aromatic rings. The zero-order valence-corrected chi connectivity index (χ0v) is 12.3. The molecule has 0 aliphatic rings. The molecule has 0 bridgehead atoms. The number of rotatable bonds is 6. The predicted molar refractivity (Wildman–Crippen MR) is 79.3 cm³/mol. The van der Waals surface area contributed by atoms with Gasteiger partial charge in [-0.15, -0.1) is 0 Å². The van der Waals surface area contributed by atoms with Gasteiger partial charge in [-0.05, 0) is 45.0 Å². The summed E-state index contributed by atoms with van der Waals surface area (Å²) in [6.07, 6.45) is 3.46. The Kier molecular flexibility index (Phi) is 4.90. The average molecular weight is 275 g/mol. The largest absolute Gasteiger partial charge is 0.316 e. The van der Waals surface area contributed by atoms with Crippen molar-refractivity contribution in [3.05, 3.63) is 53.6 Å². The highest BCUT2D eigenvalue weighted by Crippen LogP contribution is 2.12. The first-order chi connectivity index (χ1) is 9.60. The van der Waals surface area contributed by atoms with Gasteiger partial charge in [0.2, 0.25) is 0 Å². The molecule has 0 aliphatic heterocycles. The molecule has 1 unspecified atom stereocenters. The molecule has 0 saturated heterocycles. The Morgan fingerprint density at radius 1 is 1.20 bits per heavy atom. The molecule has 0 amide bonds. The van der Waals surface area contributed by atoms with E-state index in [1.54, 1.807) is 6.07 Å². The van der Waals surface area contributed by atoms with Crippen molar-refractivity contribution >= 4 is 0 Å². The van der Waals surface area contributed by atoms with Gasteiger partial charge in [-0.3, -0.25) is 4.68 Å². The van der Waals surface area contributed by atoms with Gasteiger partial charge in [-0.1, -0.05) is 18.2 Å². The van der Waals surface area contributed by atoms with Crippen molar-refractivity contribution in [3.63, 3.8) is 0 Å². The first-order valence-electron chi connectivity index (χ1n) is 7.05. The Balaban J connectivity index is 2.03. The van der Waals surface area contributed by atoms with E-state index in [1.807, 2.05) is 36.1 Å². The zero-order chi connectivity index (χ0) is 14.5. The fraction of sp³-hybridized carbons (Fsp3) is 0.438. The lowest BCUT2D eigenvalue weighted by Crippen LogP contribution is -2.30. The number of benzene rings is 1. The molecule has 0 aliphatic carbocycles. The van der Waals surface area contributed by atoms with Crippen LogP contribution in [0.2, 0.25) is 0 Å². The van der Waals surface area contributed by atoms with E-state index in [1.165, 1.54) is 6.07 Å². The number of nitrogens with zero attached hydrogens (tertiary/aromatic N) is 2. The molecule has 0 saturated carbocycles. The highest BCUT2D eigenvalue weighted by molar-refractivity contribution is 5.19. The van der Waals surface area contributed by atoms with Crippen LogP contribution < -0.4 is 5.32 Å². The van der Waals surface area contributed by atoms with E-state index >= 15 is 0 Å². The zero-order valence-electron chi connectivity index (χ0n) is 12.3. The third kappa shape index (κ3) is 3.67. The Labute approximate surface area is 119 Å². The maximum atomic E-state index is 13.7. The Morgan fingerprint density at radius 2 is 1.95 bits per heavy atom. The van der Waals surface area contributed by atoms with Crippen LogP contribution in [0.15, 0.2) is 36.5 Å². The van der Waals surface area contributed by atoms with Crippen LogP contribution in [-0.2, 0) is 12.8 Å². The van der Waals surface area contributed by atoms with Crippen LogP contribution >= 0.6 is 0 Å². The molecule has 0 fully saturated rings. The molecular weight excluding hydrogens is 253 g/mol. The summed E-state index contributed by atoms with van der Waals surface area (Å²) in [5.41, 5.74) is 1.78. The lowest BCUT2D eigenvalue weighted by atomic mass is 10.0. The summed E-state index contributed by atoms with van der Waals surface area (Å²) in [6, 6.07) is 9.52. The van der Waals surface area contributed by atoms with Crippen LogP contribution in [0.4, 0.5) is 4.39 Å². The maximum absolute atomic E-state index is 13.7. The van der Waals surface area contributed by atoms with E-state index in [9.17, 15) is 4.39 Å². The van der Waals surface area contributed by atoms with Crippen LogP contribution in [0, 0.1) is 5.82 Å². The fourth-order valence-corrected chi connectivity index (χ4v) is 2.23. The van der Waals surface area contributed by atoms with Gasteiger partial charge in [-0.2, -0.15) is 5.10 Å². The second-order valence-electron chi connectivity index (χ2n) is 5.37. The predicted octanol–water partition coefficient (Wildman–Crippen LogP) is 2.98. The first-order valence-corrected chi connectivity index (χ1v) is 7.05. The minimum Gasteiger partial charge on any atom is -0.316 e.